The minimum atomic E-state index is -1.81. The van der Waals surface area contributed by atoms with Gasteiger partial charge in [0.05, 0.1) is 27.9 Å². The maximum atomic E-state index is 6.24. The molecule has 0 aliphatic carbocycles. The van der Waals surface area contributed by atoms with Gasteiger partial charge in [0.2, 0.25) is 5.75 Å². The quantitative estimate of drug-likeness (QED) is 0.672. The van der Waals surface area contributed by atoms with E-state index in [1.54, 1.807) is 21.3 Å². The summed E-state index contributed by atoms with van der Waals surface area (Å²) in [6.45, 7) is 15.8. The normalized spacial score (nSPS) is 12.0. The zero-order valence-electron chi connectivity index (χ0n) is 15.7. The van der Waals surface area contributed by atoms with Crippen molar-refractivity contribution < 1.29 is 18.6 Å². The van der Waals surface area contributed by atoms with E-state index in [-0.39, 0.29) is 5.04 Å². The third kappa shape index (κ3) is 4.51. The molecular weight excluding hydrogens is 308 g/mol. The van der Waals surface area contributed by atoms with Crippen LogP contribution in [-0.4, -0.2) is 36.3 Å². The SMILES string of the molecule is C=C(CO[Si](C)(C)C(C)(C)C)c1cc(OC)c(OC)c(OC)c1. The highest BCUT2D eigenvalue weighted by atomic mass is 28.4. The van der Waals surface area contributed by atoms with Crippen molar-refractivity contribution in [3.63, 3.8) is 0 Å². The van der Waals surface area contributed by atoms with E-state index in [0.29, 0.717) is 23.9 Å². The molecule has 0 heterocycles. The maximum Gasteiger partial charge on any atom is 0.203 e. The summed E-state index contributed by atoms with van der Waals surface area (Å²) < 4.78 is 22.4. The van der Waals surface area contributed by atoms with Crippen LogP contribution in [0.5, 0.6) is 17.2 Å². The predicted octanol–water partition coefficient (Wildman–Crippen LogP) is 4.75. The van der Waals surface area contributed by atoms with Crippen LogP contribution in [0.4, 0.5) is 0 Å². The Morgan fingerprint density at radius 2 is 1.48 bits per heavy atom. The van der Waals surface area contributed by atoms with E-state index in [1.807, 2.05) is 12.1 Å². The van der Waals surface area contributed by atoms with Crippen molar-refractivity contribution in [3.8, 4) is 17.2 Å². The molecule has 0 atom stereocenters. The summed E-state index contributed by atoms with van der Waals surface area (Å²) in [5, 5.41) is 0.169. The Kier molecular flexibility index (Phi) is 6.30. The number of benzene rings is 1. The predicted molar refractivity (Wildman–Crippen MR) is 98.3 cm³/mol. The molecule has 1 aromatic carbocycles. The smallest absolute Gasteiger partial charge is 0.203 e. The minimum absolute atomic E-state index is 0.169. The highest BCUT2D eigenvalue weighted by molar-refractivity contribution is 6.74. The molecule has 0 radical (unpaired) electrons. The molecule has 1 rings (SSSR count). The Hall–Kier alpha value is -1.46. The number of methoxy groups -OCH3 is 3. The Morgan fingerprint density at radius 1 is 1.00 bits per heavy atom. The maximum absolute atomic E-state index is 6.24. The Morgan fingerprint density at radius 3 is 1.83 bits per heavy atom. The van der Waals surface area contributed by atoms with Crippen LogP contribution >= 0.6 is 0 Å². The molecule has 0 aliphatic rings. The molecule has 0 amide bonds. The molecule has 130 valence electrons. The molecule has 0 aliphatic heterocycles. The first-order chi connectivity index (χ1) is 10.6. The van der Waals surface area contributed by atoms with Crippen LogP contribution in [-0.2, 0) is 4.43 Å². The number of hydrogen-bond donors (Lipinski definition) is 0. The first kappa shape index (κ1) is 19.6. The van der Waals surface area contributed by atoms with Crippen molar-refractivity contribution in [2.24, 2.45) is 0 Å². The molecule has 0 aromatic heterocycles. The lowest BCUT2D eigenvalue weighted by Gasteiger charge is -2.36. The van der Waals surface area contributed by atoms with Crippen molar-refractivity contribution in [3.05, 3.63) is 24.3 Å². The lowest BCUT2D eigenvalue weighted by atomic mass is 10.1. The highest BCUT2D eigenvalue weighted by Crippen LogP contribution is 2.41. The van der Waals surface area contributed by atoms with E-state index in [0.717, 1.165) is 11.1 Å². The summed E-state index contributed by atoms with van der Waals surface area (Å²) in [4.78, 5) is 0. The minimum Gasteiger partial charge on any atom is -0.493 e. The zero-order valence-corrected chi connectivity index (χ0v) is 16.7. The lowest BCUT2D eigenvalue weighted by molar-refractivity contribution is 0.323. The number of hydrogen-bond acceptors (Lipinski definition) is 4. The van der Waals surface area contributed by atoms with Crippen LogP contribution in [0, 0.1) is 0 Å². The summed E-state index contributed by atoms with van der Waals surface area (Å²) in [5.74, 6) is 1.82. The van der Waals surface area contributed by atoms with Gasteiger partial charge in [-0.15, -0.1) is 0 Å². The Labute approximate surface area is 141 Å². The molecule has 4 nitrogen and oxygen atoms in total. The van der Waals surface area contributed by atoms with Gasteiger partial charge in [-0.25, -0.2) is 0 Å². The van der Waals surface area contributed by atoms with E-state index in [2.05, 4.69) is 40.4 Å². The van der Waals surface area contributed by atoms with Gasteiger partial charge in [-0.1, -0.05) is 27.4 Å². The van der Waals surface area contributed by atoms with E-state index < -0.39 is 8.32 Å². The molecule has 0 fully saturated rings. The van der Waals surface area contributed by atoms with E-state index in [1.165, 1.54) is 0 Å². The summed E-state index contributed by atoms with van der Waals surface area (Å²) >= 11 is 0. The lowest BCUT2D eigenvalue weighted by Crippen LogP contribution is -2.41. The molecular formula is C18H30O4Si. The fraction of sp³-hybridized carbons (Fsp3) is 0.556. The Bertz CT molecular complexity index is 534. The molecule has 0 unspecified atom stereocenters. The molecule has 0 bridgehead atoms. The topological polar surface area (TPSA) is 36.9 Å². The highest BCUT2D eigenvalue weighted by Gasteiger charge is 2.37. The second kappa shape index (κ2) is 7.40. The summed E-state index contributed by atoms with van der Waals surface area (Å²) in [6, 6.07) is 3.80. The molecule has 1 aromatic rings. The van der Waals surface area contributed by atoms with Gasteiger partial charge in [0.25, 0.3) is 0 Å². The van der Waals surface area contributed by atoms with Gasteiger partial charge in [0.1, 0.15) is 0 Å². The van der Waals surface area contributed by atoms with Gasteiger partial charge < -0.3 is 18.6 Å². The third-order valence-corrected chi connectivity index (χ3v) is 8.96. The van der Waals surface area contributed by atoms with Crippen LogP contribution in [0.3, 0.4) is 0 Å². The van der Waals surface area contributed by atoms with Gasteiger partial charge in [0, 0.05) is 0 Å². The van der Waals surface area contributed by atoms with Crippen LogP contribution in [0.25, 0.3) is 5.57 Å². The average Bonchev–Trinajstić information content (AvgIpc) is 2.49. The van der Waals surface area contributed by atoms with Gasteiger partial charge in [-0.2, -0.15) is 0 Å². The molecule has 0 saturated heterocycles. The molecule has 0 saturated carbocycles. The monoisotopic (exact) mass is 338 g/mol. The zero-order chi connectivity index (χ0) is 17.8. The summed E-state index contributed by atoms with van der Waals surface area (Å²) in [6.07, 6.45) is 0. The summed E-state index contributed by atoms with van der Waals surface area (Å²) in [7, 11) is 3.00. The molecule has 0 N–H and O–H groups in total. The molecule has 23 heavy (non-hydrogen) atoms. The van der Waals surface area contributed by atoms with Gasteiger partial charge >= 0.3 is 0 Å². The molecule has 5 heteroatoms. The van der Waals surface area contributed by atoms with Gasteiger partial charge in [0.15, 0.2) is 19.8 Å². The van der Waals surface area contributed by atoms with Crippen molar-refractivity contribution >= 4 is 13.9 Å². The largest absolute Gasteiger partial charge is 0.493 e. The fourth-order valence-electron chi connectivity index (χ4n) is 1.85. The number of ether oxygens (including phenoxy) is 3. The van der Waals surface area contributed by atoms with Crippen LogP contribution < -0.4 is 14.2 Å². The average molecular weight is 339 g/mol. The molecule has 0 spiro atoms. The first-order valence-electron chi connectivity index (χ1n) is 7.69. The van der Waals surface area contributed by atoms with Crippen LogP contribution in [0.2, 0.25) is 18.1 Å². The van der Waals surface area contributed by atoms with Crippen LogP contribution in [0.15, 0.2) is 18.7 Å². The van der Waals surface area contributed by atoms with E-state index >= 15 is 0 Å². The van der Waals surface area contributed by atoms with Crippen LogP contribution in [0.1, 0.15) is 26.3 Å². The Balaban J connectivity index is 3.01. The fourth-order valence-corrected chi connectivity index (χ4v) is 2.82. The second-order valence-corrected chi connectivity index (χ2v) is 11.9. The van der Waals surface area contributed by atoms with Crippen molar-refractivity contribution in [2.75, 3.05) is 27.9 Å². The summed E-state index contributed by atoms with van der Waals surface area (Å²) in [5.41, 5.74) is 1.83. The van der Waals surface area contributed by atoms with Gasteiger partial charge in [-0.3, -0.25) is 0 Å². The van der Waals surface area contributed by atoms with Crippen molar-refractivity contribution in [1.29, 1.82) is 0 Å². The van der Waals surface area contributed by atoms with E-state index in [9.17, 15) is 0 Å². The number of rotatable bonds is 7. The van der Waals surface area contributed by atoms with Crippen molar-refractivity contribution in [1.82, 2.24) is 0 Å². The first-order valence-corrected chi connectivity index (χ1v) is 10.6. The second-order valence-electron chi connectivity index (χ2n) is 7.07. The van der Waals surface area contributed by atoms with E-state index in [4.69, 9.17) is 18.6 Å². The third-order valence-electron chi connectivity index (χ3n) is 4.49. The van der Waals surface area contributed by atoms with Gasteiger partial charge in [-0.05, 0) is 41.4 Å². The van der Waals surface area contributed by atoms with Crippen molar-refractivity contribution in [2.45, 2.75) is 38.9 Å². The standard InChI is InChI=1S/C18H30O4Si/c1-13(12-22-23(8,9)18(2,3)4)14-10-15(19-5)17(21-7)16(11-14)20-6/h10-11H,1,12H2,2-9H3.